The molecular formula is C16H17NO2. The Morgan fingerprint density at radius 3 is 2.42 bits per heavy atom. The van der Waals surface area contributed by atoms with Crippen LogP contribution in [0.1, 0.15) is 34.5 Å². The van der Waals surface area contributed by atoms with E-state index in [-0.39, 0.29) is 17.6 Å². The van der Waals surface area contributed by atoms with Crippen LogP contribution in [0.3, 0.4) is 0 Å². The quantitative estimate of drug-likeness (QED) is 0.826. The van der Waals surface area contributed by atoms with E-state index in [4.69, 9.17) is 5.73 Å². The first-order chi connectivity index (χ1) is 9.08. The fourth-order valence-corrected chi connectivity index (χ4v) is 2.04. The summed E-state index contributed by atoms with van der Waals surface area (Å²) < 4.78 is 0. The Hall–Kier alpha value is -2.13. The third kappa shape index (κ3) is 3.20. The van der Waals surface area contributed by atoms with Crippen molar-refractivity contribution in [1.82, 2.24) is 0 Å². The number of carbonyl (C=O) groups excluding carboxylic acids is 1. The lowest BCUT2D eigenvalue weighted by Gasteiger charge is -2.11. The Labute approximate surface area is 112 Å². The first-order valence-electron chi connectivity index (χ1n) is 6.23. The Balaban J connectivity index is 2.23. The fraction of sp³-hybridized carbons (Fsp3) is 0.188. The van der Waals surface area contributed by atoms with E-state index < -0.39 is 0 Å². The van der Waals surface area contributed by atoms with Crippen molar-refractivity contribution in [3.8, 4) is 5.75 Å². The molecule has 0 spiro atoms. The summed E-state index contributed by atoms with van der Waals surface area (Å²) in [5.74, 6) is 0.241. The average molecular weight is 255 g/mol. The molecule has 3 nitrogen and oxygen atoms in total. The van der Waals surface area contributed by atoms with Gasteiger partial charge in [0.05, 0.1) is 0 Å². The molecule has 1 unspecified atom stereocenters. The van der Waals surface area contributed by atoms with Gasteiger partial charge in [0.15, 0.2) is 5.78 Å². The van der Waals surface area contributed by atoms with Crippen LogP contribution in [-0.2, 0) is 6.42 Å². The first kappa shape index (κ1) is 13.3. The predicted octanol–water partition coefficient (Wildman–Crippen LogP) is 2.84. The summed E-state index contributed by atoms with van der Waals surface area (Å²) in [5, 5.41) is 9.22. The number of benzene rings is 2. The Morgan fingerprint density at radius 1 is 1.16 bits per heavy atom. The van der Waals surface area contributed by atoms with Crippen molar-refractivity contribution in [2.75, 3.05) is 0 Å². The van der Waals surface area contributed by atoms with Crippen LogP contribution in [0.5, 0.6) is 5.75 Å². The molecule has 0 bridgehead atoms. The Bertz CT molecular complexity index is 574. The third-order valence-electron chi connectivity index (χ3n) is 3.05. The van der Waals surface area contributed by atoms with Gasteiger partial charge in [-0.3, -0.25) is 4.79 Å². The molecule has 0 aliphatic carbocycles. The van der Waals surface area contributed by atoms with Crippen molar-refractivity contribution in [2.45, 2.75) is 19.4 Å². The van der Waals surface area contributed by atoms with Crippen LogP contribution in [0.25, 0.3) is 0 Å². The Morgan fingerprint density at radius 2 is 1.79 bits per heavy atom. The number of carbonyl (C=O) groups is 1. The molecule has 0 saturated carbocycles. The maximum Gasteiger partial charge on any atom is 0.167 e. The summed E-state index contributed by atoms with van der Waals surface area (Å²) in [5.41, 5.74) is 8.30. The van der Waals surface area contributed by atoms with Gasteiger partial charge in [0.25, 0.3) is 0 Å². The van der Waals surface area contributed by atoms with Crippen LogP contribution in [-0.4, -0.2) is 10.9 Å². The summed E-state index contributed by atoms with van der Waals surface area (Å²) in [6, 6.07) is 13.9. The molecule has 0 fully saturated rings. The second kappa shape index (κ2) is 5.67. The standard InChI is InChI=1S/C16H17NO2/c1-11(17)14-4-2-3-5-15(14)16(19)10-12-6-8-13(18)9-7-12/h2-9,11,18H,10,17H2,1H3. The minimum absolute atomic E-state index is 0.0404. The molecule has 0 saturated heterocycles. The second-order valence-electron chi connectivity index (χ2n) is 4.64. The number of phenolic OH excluding ortho intramolecular Hbond substituents is 1. The van der Waals surface area contributed by atoms with Crippen molar-refractivity contribution in [2.24, 2.45) is 5.73 Å². The van der Waals surface area contributed by atoms with E-state index in [1.165, 1.54) is 0 Å². The normalized spacial score (nSPS) is 12.1. The average Bonchev–Trinajstić information content (AvgIpc) is 2.41. The summed E-state index contributed by atoms with van der Waals surface area (Å²) in [6.45, 7) is 1.87. The van der Waals surface area contributed by atoms with Crippen LogP contribution in [0, 0.1) is 0 Å². The van der Waals surface area contributed by atoms with E-state index >= 15 is 0 Å². The number of phenols is 1. The summed E-state index contributed by atoms with van der Waals surface area (Å²) in [6.07, 6.45) is 0.310. The second-order valence-corrected chi connectivity index (χ2v) is 4.64. The predicted molar refractivity (Wildman–Crippen MR) is 75.2 cm³/mol. The highest BCUT2D eigenvalue weighted by Gasteiger charge is 2.13. The zero-order valence-electron chi connectivity index (χ0n) is 10.8. The summed E-state index contributed by atoms with van der Waals surface area (Å²) >= 11 is 0. The van der Waals surface area contributed by atoms with Crippen molar-refractivity contribution >= 4 is 5.78 Å². The topological polar surface area (TPSA) is 63.3 Å². The molecule has 2 aromatic carbocycles. The van der Waals surface area contributed by atoms with Crippen LogP contribution in [0.4, 0.5) is 0 Å². The molecule has 0 amide bonds. The first-order valence-corrected chi connectivity index (χ1v) is 6.23. The van der Waals surface area contributed by atoms with Crippen LogP contribution < -0.4 is 5.73 Å². The van der Waals surface area contributed by atoms with E-state index in [0.717, 1.165) is 11.1 Å². The number of hydrogen-bond donors (Lipinski definition) is 2. The smallest absolute Gasteiger partial charge is 0.167 e. The third-order valence-corrected chi connectivity index (χ3v) is 3.05. The largest absolute Gasteiger partial charge is 0.508 e. The van der Waals surface area contributed by atoms with E-state index in [1.54, 1.807) is 30.3 Å². The number of hydrogen-bond acceptors (Lipinski definition) is 3. The molecule has 0 radical (unpaired) electrons. The summed E-state index contributed by atoms with van der Waals surface area (Å²) in [7, 11) is 0. The lowest BCUT2D eigenvalue weighted by Crippen LogP contribution is -2.13. The highest BCUT2D eigenvalue weighted by atomic mass is 16.3. The molecule has 3 heteroatoms. The number of ketones is 1. The highest BCUT2D eigenvalue weighted by molar-refractivity contribution is 5.99. The SMILES string of the molecule is CC(N)c1ccccc1C(=O)Cc1ccc(O)cc1. The fourth-order valence-electron chi connectivity index (χ4n) is 2.04. The van der Waals surface area contributed by atoms with Gasteiger partial charge >= 0.3 is 0 Å². The van der Waals surface area contributed by atoms with Gasteiger partial charge < -0.3 is 10.8 Å². The van der Waals surface area contributed by atoms with Crippen molar-refractivity contribution in [3.63, 3.8) is 0 Å². The molecule has 2 rings (SSSR count). The lowest BCUT2D eigenvalue weighted by molar-refractivity contribution is 0.0991. The molecular weight excluding hydrogens is 238 g/mol. The van der Waals surface area contributed by atoms with Gasteiger partial charge in [0.1, 0.15) is 5.75 Å². The number of nitrogens with two attached hydrogens (primary N) is 1. The van der Waals surface area contributed by atoms with Gasteiger partial charge in [-0.05, 0) is 30.2 Å². The molecule has 2 aromatic rings. The molecule has 3 N–H and O–H groups in total. The van der Waals surface area contributed by atoms with Crippen molar-refractivity contribution in [1.29, 1.82) is 0 Å². The van der Waals surface area contributed by atoms with Crippen molar-refractivity contribution in [3.05, 3.63) is 65.2 Å². The maximum absolute atomic E-state index is 12.3. The molecule has 0 aromatic heterocycles. The van der Waals surface area contributed by atoms with Gasteiger partial charge in [0.2, 0.25) is 0 Å². The van der Waals surface area contributed by atoms with E-state index in [0.29, 0.717) is 12.0 Å². The number of Topliss-reactive ketones (excluding diaryl/α,β-unsaturated/α-hetero) is 1. The molecule has 19 heavy (non-hydrogen) atoms. The van der Waals surface area contributed by atoms with Crippen LogP contribution in [0.2, 0.25) is 0 Å². The Kier molecular flexibility index (Phi) is 3.97. The van der Waals surface area contributed by atoms with Gasteiger partial charge in [-0.1, -0.05) is 36.4 Å². The zero-order chi connectivity index (χ0) is 13.8. The minimum atomic E-state index is -0.167. The van der Waals surface area contributed by atoms with Gasteiger partial charge in [-0.2, -0.15) is 0 Å². The maximum atomic E-state index is 12.3. The summed E-state index contributed by atoms with van der Waals surface area (Å²) in [4.78, 5) is 12.3. The number of rotatable bonds is 4. The molecule has 1 atom stereocenters. The van der Waals surface area contributed by atoms with Crippen LogP contribution >= 0.6 is 0 Å². The minimum Gasteiger partial charge on any atom is -0.508 e. The van der Waals surface area contributed by atoms with E-state index in [2.05, 4.69) is 0 Å². The zero-order valence-corrected chi connectivity index (χ0v) is 10.8. The highest BCUT2D eigenvalue weighted by Crippen LogP contribution is 2.18. The molecule has 0 aliphatic heterocycles. The van der Waals surface area contributed by atoms with Gasteiger partial charge in [0, 0.05) is 18.0 Å². The monoisotopic (exact) mass is 255 g/mol. The molecule has 0 aliphatic rings. The van der Waals surface area contributed by atoms with Crippen LogP contribution in [0.15, 0.2) is 48.5 Å². The lowest BCUT2D eigenvalue weighted by atomic mass is 9.95. The van der Waals surface area contributed by atoms with Crippen molar-refractivity contribution < 1.29 is 9.90 Å². The van der Waals surface area contributed by atoms with Gasteiger partial charge in [-0.25, -0.2) is 0 Å². The molecule has 0 heterocycles. The molecule has 98 valence electrons. The van der Waals surface area contributed by atoms with E-state index in [9.17, 15) is 9.90 Å². The van der Waals surface area contributed by atoms with E-state index in [1.807, 2.05) is 25.1 Å². The number of aromatic hydroxyl groups is 1. The van der Waals surface area contributed by atoms with Gasteiger partial charge in [-0.15, -0.1) is 0 Å².